The van der Waals surface area contributed by atoms with Crippen LogP contribution in [0.1, 0.15) is 27.2 Å². The number of hydrogen-bond acceptors (Lipinski definition) is 2. The first-order valence-electron chi connectivity index (χ1n) is 5.97. The largest absolute Gasteiger partial charge is 0.485 e. The minimum Gasteiger partial charge on any atom is -0.485 e. The maximum atomic E-state index is 13.4. The van der Waals surface area contributed by atoms with Gasteiger partial charge in [-0.3, -0.25) is 0 Å². The highest BCUT2D eigenvalue weighted by atomic mass is 19.1. The van der Waals surface area contributed by atoms with Gasteiger partial charge >= 0.3 is 0 Å². The summed E-state index contributed by atoms with van der Waals surface area (Å²) in [5.74, 6) is -1.04. The van der Waals surface area contributed by atoms with Crippen molar-refractivity contribution in [3.8, 4) is 0 Å². The van der Waals surface area contributed by atoms with E-state index in [1.165, 1.54) is 6.08 Å². The summed E-state index contributed by atoms with van der Waals surface area (Å²) in [5, 5.41) is 0. The van der Waals surface area contributed by atoms with Crippen LogP contribution in [0.25, 0.3) is 0 Å². The zero-order valence-electron chi connectivity index (χ0n) is 10.6. The highest BCUT2D eigenvalue weighted by Gasteiger charge is 2.21. The average Bonchev–Trinajstić information content (AvgIpc) is 2.20. The summed E-state index contributed by atoms with van der Waals surface area (Å²) in [6.45, 7) is 6.98. The molecule has 1 aliphatic carbocycles. The fraction of sp³-hybridized carbons (Fsp3) is 0.692. The lowest BCUT2D eigenvalue weighted by atomic mass is 10.0. The molecule has 0 fully saturated rings. The summed E-state index contributed by atoms with van der Waals surface area (Å²) in [7, 11) is 0. The van der Waals surface area contributed by atoms with Crippen LogP contribution < -0.4 is 0 Å². The molecule has 0 bridgehead atoms. The molecule has 1 aliphatic rings. The third kappa shape index (κ3) is 4.86. The molecule has 98 valence electrons. The van der Waals surface area contributed by atoms with E-state index in [0.717, 1.165) is 0 Å². The molecule has 0 radical (unpaired) electrons. The second-order valence-corrected chi connectivity index (χ2v) is 4.75. The van der Waals surface area contributed by atoms with E-state index >= 15 is 0 Å². The van der Waals surface area contributed by atoms with Crippen LogP contribution in [0, 0.1) is 11.8 Å². The van der Waals surface area contributed by atoms with Crippen LogP contribution in [-0.2, 0) is 9.47 Å². The van der Waals surface area contributed by atoms with Crippen LogP contribution in [0.3, 0.4) is 0 Å². The molecule has 0 saturated carbocycles. The van der Waals surface area contributed by atoms with Crippen LogP contribution in [-0.4, -0.2) is 19.8 Å². The van der Waals surface area contributed by atoms with Gasteiger partial charge in [0.05, 0.1) is 6.61 Å². The van der Waals surface area contributed by atoms with Gasteiger partial charge in [-0.1, -0.05) is 20.8 Å². The quantitative estimate of drug-likeness (QED) is 0.664. The maximum Gasteiger partial charge on any atom is 0.186 e. The third-order valence-corrected chi connectivity index (χ3v) is 2.32. The molecular weight excluding hydrogens is 226 g/mol. The lowest BCUT2D eigenvalue weighted by Crippen LogP contribution is -2.11. The Bertz CT molecular complexity index is 309. The highest BCUT2D eigenvalue weighted by Crippen LogP contribution is 2.30. The Kier molecular flexibility index (Phi) is 5.62. The Morgan fingerprint density at radius 1 is 1.35 bits per heavy atom. The number of halogens is 2. The van der Waals surface area contributed by atoms with E-state index in [9.17, 15) is 8.78 Å². The van der Waals surface area contributed by atoms with Gasteiger partial charge in [0.15, 0.2) is 11.6 Å². The van der Waals surface area contributed by atoms with Crippen molar-refractivity contribution < 1.29 is 18.3 Å². The van der Waals surface area contributed by atoms with Gasteiger partial charge in [-0.25, -0.2) is 8.78 Å². The van der Waals surface area contributed by atoms with Crippen molar-refractivity contribution >= 4 is 0 Å². The Labute approximate surface area is 101 Å². The van der Waals surface area contributed by atoms with Crippen LogP contribution in [0.15, 0.2) is 23.5 Å². The Morgan fingerprint density at radius 3 is 2.65 bits per heavy atom. The lowest BCUT2D eigenvalue weighted by Gasteiger charge is -2.17. The summed E-state index contributed by atoms with van der Waals surface area (Å²) in [6, 6.07) is 0. The van der Waals surface area contributed by atoms with Crippen LogP contribution in [0.5, 0.6) is 0 Å². The molecule has 0 aliphatic heterocycles. The molecule has 2 nitrogen and oxygen atoms in total. The van der Waals surface area contributed by atoms with Crippen molar-refractivity contribution in [1.29, 1.82) is 0 Å². The fourth-order valence-corrected chi connectivity index (χ4v) is 1.56. The van der Waals surface area contributed by atoms with Crippen molar-refractivity contribution in [3.05, 3.63) is 23.5 Å². The molecule has 4 heteroatoms. The summed E-state index contributed by atoms with van der Waals surface area (Å²) in [4.78, 5) is 0. The molecule has 0 aromatic carbocycles. The summed E-state index contributed by atoms with van der Waals surface area (Å²) in [5.41, 5.74) is 0. The minimum absolute atomic E-state index is 0.112. The van der Waals surface area contributed by atoms with Gasteiger partial charge in [-0.15, -0.1) is 0 Å². The molecule has 0 amide bonds. The van der Waals surface area contributed by atoms with Crippen molar-refractivity contribution in [1.82, 2.24) is 0 Å². The summed E-state index contributed by atoms with van der Waals surface area (Å²) < 4.78 is 37.1. The third-order valence-electron chi connectivity index (χ3n) is 2.32. The summed E-state index contributed by atoms with van der Waals surface area (Å²) >= 11 is 0. The van der Waals surface area contributed by atoms with E-state index in [4.69, 9.17) is 9.47 Å². The van der Waals surface area contributed by atoms with E-state index in [1.807, 2.05) is 13.8 Å². The number of ether oxygens (including phenoxy) is 2. The summed E-state index contributed by atoms with van der Waals surface area (Å²) in [6.07, 6.45) is 1.59. The first kappa shape index (κ1) is 14.2. The smallest absolute Gasteiger partial charge is 0.186 e. The minimum atomic E-state index is -0.606. The molecule has 0 N–H and O–H groups in total. The fourth-order valence-electron chi connectivity index (χ4n) is 1.56. The highest BCUT2D eigenvalue weighted by molar-refractivity contribution is 5.27. The van der Waals surface area contributed by atoms with Crippen molar-refractivity contribution in [2.24, 2.45) is 11.8 Å². The van der Waals surface area contributed by atoms with Crippen molar-refractivity contribution in [3.63, 3.8) is 0 Å². The average molecular weight is 246 g/mol. The van der Waals surface area contributed by atoms with Crippen molar-refractivity contribution in [2.45, 2.75) is 27.2 Å². The molecule has 0 aromatic heterocycles. The lowest BCUT2D eigenvalue weighted by molar-refractivity contribution is 0.0587. The number of hydrogen-bond donors (Lipinski definition) is 0. The molecule has 0 aromatic rings. The molecular formula is C13H20F2O2. The van der Waals surface area contributed by atoms with Gasteiger partial charge in [0, 0.05) is 13.0 Å². The molecule has 1 unspecified atom stereocenters. The maximum absolute atomic E-state index is 13.4. The topological polar surface area (TPSA) is 18.5 Å². The molecule has 0 spiro atoms. The van der Waals surface area contributed by atoms with Gasteiger partial charge in [-0.2, -0.15) is 0 Å². The van der Waals surface area contributed by atoms with Crippen LogP contribution in [0.4, 0.5) is 8.78 Å². The first-order valence-corrected chi connectivity index (χ1v) is 5.97. The Hall–Kier alpha value is -0.900. The van der Waals surface area contributed by atoms with Gasteiger partial charge in [0.2, 0.25) is 0 Å². The second kappa shape index (κ2) is 6.74. The van der Waals surface area contributed by atoms with E-state index in [0.29, 0.717) is 19.1 Å². The standard InChI is InChI=1S/C13H20F2O2/c1-9(2)8-16-4-5-17-13-11(14)6-10(3)7-12(13)15/h6,9-10H,4-5,7-8H2,1-3H3. The van der Waals surface area contributed by atoms with Gasteiger partial charge < -0.3 is 9.47 Å². The monoisotopic (exact) mass is 246 g/mol. The molecule has 17 heavy (non-hydrogen) atoms. The normalized spacial score (nSPS) is 20.8. The predicted molar refractivity (Wildman–Crippen MR) is 62.7 cm³/mol. The molecule has 0 saturated heterocycles. The van der Waals surface area contributed by atoms with Gasteiger partial charge in [0.1, 0.15) is 12.4 Å². The van der Waals surface area contributed by atoms with Crippen molar-refractivity contribution in [2.75, 3.05) is 19.8 Å². The van der Waals surface area contributed by atoms with E-state index < -0.39 is 11.7 Å². The number of allylic oxidation sites excluding steroid dienone is 3. The van der Waals surface area contributed by atoms with Gasteiger partial charge in [0.25, 0.3) is 0 Å². The van der Waals surface area contributed by atoms with Crippen LogP contribution >= 0.6 is 0 Å². The van der Waals surface area contributed by atoms with E-state index in [1.54, 1.807) is 6.92 Å². The second-order valence-electron chi connectivity index (χ2n) is 4.75. The molecule has 0 heterocycles. The Balaban J connectivity index is 2.32. The zero-order valence-corrected chi connectivity index (χ0v) is 10.6. The molecule has 1 rings (SSSR count). The van der Waals surface area contributed by atoms with E-state index in [2.05, 4.69) is 0 Å². The van der Waals surface area contributed by atoms with Crippen LogP contribution in [0.2, 0.25) is 0 Å². The number of rotatable bonds is 6. The first-order chi connectivity index (χ1) is 8.00. The predicted octanol–water partition coefficient (Wildman–Crippen LogP) is 3.75. The SMILES string of the molecule is CC(C)COCCOC1=C(F)CC(C)C=C1F. The van der Waals surface area contributed by atoms with Gasteiger partial charge in [-0.05, 0) is 17.9 Å². The molecule has 1 atom stereocenters. The van der Waals surface area contributed by atoms with E-state index in [-0.39, 0.29) is 24.7 Å². The zero-order chi connectivity index (χ0) is 12.8. The Morgan fingerprint density at radius 2 is 2.06 bits per heavy atom.